The number of nitro benzene ring substituents is 1. The van der Waals surface area contributed by atoms with Crippen LogP contribution >= 0.6 is 11.8 Å². The molecule has 0 aliphatic carbocycles. The number of thioether (sulfide) groups is 1. The Bertz CT molecular complexity index is 569. The van der Waals surface area contributed by atoms with Crippen LogP contribution in [0.4, 0.5) is 5.69 Å². The van der Waals surface area contributed by atoms with Crippen LogP contribution in [0.15, 0.2) is 53.4 Å². The lowest BCUT2D eigenvalue weighted by Gasteiger charge is -2.06. The fourth-order valence-electron chi connectivity index (χ4n) is 1.60. The molecule has 2 aromatic carbocycles. The summed E-state index contributed by atoms with van der Waals surface area (Å²) in [7, 11) is 0. The normalized spacial score (nSPS) is 10.2. The van der Waals surface area contributed by atoms with E-state index in [4.69, 9.17) is 4.74 Å². The number of non-ortho nitro benzene ring substituents is 1. The van der Waals surface area contributed by atoms with Gasteiger partial charge in [-0.15, -0.1) is 11.8 Å². The number of hydrogen-bond donors (Lipinski definition) is 0. The first-order valence-corrected chi connectivity index (χ1v) is 6.91. The molecule has 4 nitrogen and oxygen atoms in total. The third-order valence-electron chi connectivity index (χ3n) is 2.59. The van der Waals surface area contributed by atoms with Crippen LogP contribution in [0.1, 0.15) is 5.56 Å². The maximum atomic E-state index is 10.7. The molecule has 2 aromatic rings. The van der Waals surface area contributed by atoms with Gasteiger partial charge in [0.2, 0.25) is 0 Å². The summed E-state index contributed by atoms with van der Waals surface area (Å²) in [5.74, 6) is 0.754. The molecule has 98 valence electrons. The summed E-state index contributed by atoms with van der Waals surface area (Å²) in [5, 5.41) is 10.7. The molecule has 0 spiro atoms. The summed E-state index contributed by atoms with van der Waals surface area (Å²) >= 11 is 1.67. The lowest BCUT2D eigenvalue weighted by atomic mass is 10.2. The van der Waals surface area contributed by atoms with Gasteiger partial charge in [-0.1, -0.05) is 12.1 Å². The highest BCUT2D eigenvalue weighted by atomic mass is 32.2. The Morgan fingerprint density at radius 3 is 2.58 bits per heavy atom. The van der Waals surface area contributed by atoms with Crippen LogP contribution in [0.5, 0.6) is 5.75 Å². The van der Waals surface area contributed by atoms with E-state index in [1.165, 1.54) is 17.0 Å². The first-order chi connectivity index (χ1) is 9.19. The summed E-state index contributed by atoms with van der Waals surface area (Å²) in [4.78, 5) is 11.4. The number of nitro groups is 1. The molecule has 0 amide bonds. The summed E-state index contributed by atoms with van der Waals surface area (Å²) in [6, 6.07) is 14.2. The Morgan fingerprint density at radius 2 is 1.95 bits per heavy atom. The second-order valence-electron chi connectivity index (χ2n) is 3.89. The van der Waals surface area contributed by atoms with E-state index < -0.39 is 4.92 Å². The van der Waals surface area contributed by atoms with Gasteiger partial charge in [-0.05, 0) is 36.1 Å². The molecule has 0 heterocycles. The van der Waals surface area contributed by atoms with E-state index in [9.17, 15) is 10.1 Å². The third kappa shape index (κ3) is 3.72. The van der Waals surface area contributed by atoms with Gasteiger partial charge in [0.15, 0.2) is 0 Å². The summed E-state index contributed by atoms with van der Waals surface area (Å²) in [5.41, 5.74) is 0.863. The molecule has 0 bridgehead atoms. The zero-order valence-electron chi connectivity index (χ0n) is 10.4. The lowest BCUT2D eigenvalue weighted by molar-refractivity contribution is -0.384. The third-order valence-corrected chi connectivity index (χ3v) is 3.33. The molecule has 0 atom stereocenters. The molecule has 2 rings (SSSR count). The Hall–Kier alpha value is -2.01. The molecule has 0 saturated carbocycles. The van der Waals surface area contributed by atoms with E-state index in [1.807, 2.05) is 36.6 Å². The molecule has 0 aromatic heterocycles. The van der Waals surface area contributed by atoms with Gasteiger partial charge in [-0.3, -0.25) is 10.1 Å². The van der Waals surface area contributed by atoms with Crippen molar-refractivity contribution in [3.8, 4) is 5.75 Å². The van der Waals surface area contributed by atoms with E-state index >= 15 is 0 Å². The Balaban J connectivity index is 2.01. The lowest BCUT2D eigenvalue weighted by Crippen LogP contribution is -1.96. The molecule has 5 heteroatoms. The molecule has 0 radical (unpaired) electrons. The van der Waals surface area contributed by atoms with Crippen LogP contribution < -0.4 is 4.74 Å². The maximum Gasteiger partial charge on any atom is 0.269 e. The minimum Gasteiger partial charge on any atom is -0.489 e. The van der Waals surface area contributed by atoms with E-state index in [2.05, 4.69) is 0 Å². The van der Waals surface area contributed by atoms with Crippen LogP contribution in [0.3, 0.4) is 0 Å². The van der Waals surface area contributed by atoms with E-state index in [-0.39, 0.29) is 5.69 Å². The van der Waals surface area contributed by atoms with Crippen molar-refractivity contribution in [3.63, 3.8) is 0 Å². The number of ether oxygens (including phenoxy) is 1. The van der Waals surface area contributed by atoms with Crippen LogP contribution in [0, 0.1) is 10.1 Å². The van der Waals surface area contributed by atoms with Crippen molar-refractivity contribution in [1.82, 2.24) is 0 Å². The van der Waals surface area contributed by atoms with Crippen LogP contribution in [0.2, 0.25) is 0 Å². The van der Waals surface area contributed by atoms with Gasteiger partial charge in [0.1, 0.15) is 12.4 Å². The zero-order chi connectivity index (χ0) is 13.7. The molecule has 0 aliphatic heterocycles. The van der Waals surface area contributed by atoms with Gasteiger partial charge >= 0.3 is 0 Å². The second-order valence-corrected chi connectivity index (χ2v) is 4.77. The topological polar surface area (TPSA) is 52.4 Å². The number of nitrogens with zero attached hydrogens (tertiary/aromatic N) is 1. The largest absolute Gasteiger partial charge is 0.489 e. The van der Waals surface area contributed by atoms with Crippen LogP contribution in [-0.4, -0.2) is 11.2 Å². The molecular weight excluding hydrogens is 262 g/mol. The maximum absolute atomic E-state index is 10.7. The zero-order valence-corrected chi connectivity index (χ0v) is 11.2. The molecule has 0 aliphatic rings. The van der Waals surface area contributed by atoms with E-state index in [0.29, 0.717) is 6.61 Å². The predicted octanol–water partition coefficient (Wildman–Crippen LogP) is 3.90. The number of rotatable bonds is 5. The van der Waals surface area contributed by atoms with Gasteiger partial charge in [-0.25, -0.2) is 0 Å². The molecular formula is C14H13NO3S. The van der Waals surface area contributed by atoms with Gasteiger partial charge < -0.3 is 4.74 Å². The van der Waals surface area contributed by atoms with Crippen molar-refractivity contribution in [2.45, 2.75) is 11.5 Å². The molecule has 0 N–H and O–H groups in total. The van der Waals surface area contributed by atoms with Crippen LogP contribution in [-0.2, 0) is 6.61 Å². The van der Waals surface area contributed by atoms with Crippen molar-refractivity contribution in [2.75, 3.05) is 6.26 Å². The van der Waals surface area contributed by atoms with Crippen molar-refractivity contribution in [3.05, 3.63) is 64.2 Å². The fourth-order valence-corrected chi connectivity index (χ4v) is 2.01. The second kappa shape index (κ2) is 6.24. The first kappa shape index (κ1) is 13.4. The van der Waals surface area contributed by atoms with Crippen molar-refractivity contribution >= 4 is 17.4 Å². The number of hydrogen-bond acceptors (Lipinski definition) is 4. The average molecular weight is 275 g/mol. The Morgan fingerprint density at radius 1 is 1.21 bits per heavy atom. The summed E-state index contributed by atoms with van der Waals surface area (Å²) in [6.45, 7) is 0.320. The summed E-state index contributed by atoms with van der Waals surface area (Å²) in [6.07, 6.45) is 2.01. The Labute approximate surface area is 115 Å². The van der Waals surface area contributed by atoms with Crippen LogP contribution in [0.25, 0.3) is 0 Å². The molecule has 0 fully saturated rings. The minimum absolute atomic E-state index is 0.0823. The predicted molar refractivity (Wildman–Crippen MR) is 75.7 cm³/mol. The van der Waals surface area contributed by atoms with Gasteiger partial charge in [0.05, 0.1) is 4.92 Å². The minimum atomic E-state index is -0.406. The van der Waals surface area contributed by atoms with Gasteiger partial charge in [0.25, 0.3) is 5.69 Å². The molecule has 0 unspecified atom stereocenters. The smallest absolute Gasteiger partial charge is 0.269 e. The molecule has 19 heavy (non-hydrogen) atoms. The monoisotopic (exact) mass is 275 g/mol. The quantitative estimate of drug-likeness (QED) is 0.472. The highest BCUT2D eigenvalue weighted by molar-refractivity contribution is 7.98. The highest BCUT2D eigenvalue weighted by Gasteiger charge is 2.05. The van der Waals surface area contributed by atoms with Gasteiger partial charge in [-0.2, -0.15) is 0 Å². The van der Waals surface area contributed by atoms with E-state index in [0.717, 1.165) is 11.3 Å². The van der Waals surface area contributed by atoms with E-state index in [1.54, 1.807) is 17.8 Å². The SMILES string of the molecule is CSc1ccc(OCc2cccc([N+](=O)[O-])c2)cc1. The van der Waals surface area contributed by atoms with Crippen molar-refractivity contribution < 1.29 is 9.66 Å². The number of benzene rings is 2. The van der Waals surface area contributed by atoms with Crippen molar-refractivity contribution in [1.29, 1.82) is 0 Å². The standard InChI is InChI=1S/C14H13NO3S/c1-19-14-7-5-13(6-8-14)18-10-11-3-2-4-12(9-11)15(16)17/h2-9H,10H2,1H3. The first-order valence-electron chi connectivity index (χ1n) is 5.69. The molecule has 0 saturated heterocycles. The fraction of sp³-hybridized carbons (Fsp3) is 0.143. The van der Waals surface area contributed by atoms with Gasteiger partial charge in [0, 0.05) is 17.0 Å². The average Bonchev–Trinajstić information content (AvgIpc) is 2.46. The summed E-state index contributed by atoms with van der Waals surface area (Å²) < 4.78 is 5.59. The van der Waals surface area contributed by atoms with Crippen molar-refractivity contribution in [2.24, 2.45) is 0 Å². The highest BCUT2D eigenvalue weighted by Crippen LogP contribution is 2.20. The Kier molecular flexibility index (Phi) is 4.41.